The molecule has 0 saturated heterocycles. The highest BCUT2D eigenvalue weighted by Gasteiger charge is 2.36. The molecule has 0 aromatic carbocycles. The maximum atomic E-state index is 11.7. The van der Waals surface area contributed by atoms with Crippen molar-refractivity contribution < 1.29 is 8.42 Å². The zero-order chi connectivity index (χ0) is 11.4. The lowest BCUT2D eigenvalue weighted by atomic mass is 9.89. The average Bonchev–Trinajstić information content (AvgIpc) is 2.49. The number of nitrogens with zero attached hydrogens (tertiary/aromatic N) is 1. The van der Waals surface area contributed by atoms with E-state index in [9.17, 15) is 8.42 Å². The monoisotopic (exact) mass is 243 g/mol. The van der Waals surface area contributed by atoms with E-state index in [2.05, 4.69) is 4.40 Å². The molecule has 1 aromatic heterocycles. The first-order chi connectivity index (χ1) is 6.72. The molecule has 3 nitrogen and oxygen atoms in total. The number of sulfonamides is 1. The maximum absolute atomic E-state index is 11.7. The summed E-state index contributed by atoms with van der Waals surface area (Å²) in [4.78, 5) is 2.22. The van der Waals surface area contributed by atoms with Crippen molar-refractivity contribution in [3.05, 3.63) is 15.8 Å². The summed E-state index contributed by atoms with van der Waals surface area (Å²) in [5.74, 6) is 0. The number of thiophene rings is 1. The Labute approximate surface area is 93.9 Å². The van der Waals surface area contributed by atoms with Gasteiger partial charge in [-0.2, -0.15) is 12.8 Å². The second kappa shape index (κ2) is 2.92. The van der Waals surface area contributed by atoms with Gasteiger partial charge in [-0.15, -0.1) is 11.3 Å². The number of fused-ring (bicyclic) bond motifs is 1. The summed E-state index contributed by atoms with van der Waals surface area (Å²) >= 11 is 1.50. The van der Waals surface area contributed by atoms with Crippen LogP contribution in [-0.4, -0.2) is 14.1 Å². The van der Waals surface area contributed by atoms with Gasteiger partial charge in [0.15, 0.2) is 0 Å². The Balaban J connectivity index is 2.74. The highest BCUT2D eigenvalue weighted by Crippen LogP contribution is 2.38. The van der Waals surface area contributed by atoms with Gasteiger partial charge in [-0.05, 0) is 13.0 Å². The van der Waals surface area contributed by atoms with Gasteiger partial charge in [0.2, 0.25) is 0 Å². The summed E-state index contributed by atoms with van der Waals surface area (Å²) in [5.41, 5.74) is 0.464. The number of aryl methyl sites for hydroxylation is 1. The number of hydrogen-bond acceptors (Lipinski definition) is 3. The maximum Gasteiger partial charge on any atom is 0.284 e. The number of rotatable bonds is 0. The summed E-state index contributed by atoms with van der Waals surface area (Å²) in [6, 6.07) is 1.71. The molecule has 82 valence electrons. The highest BCUT2D eigenvalue weighted by atomic mass is 32.2. The second-order valence-corrected chi connectivity index (χ2v) is 7.54. The summed E-state index contributed by atoms with van der Waals surface area (Å²) < 4.78 is 27.3. The minimum atomic E-state index is -3.42. The van der Waals surface area contributed by atoms with Crippen LogP contribution < -0.4 is 0 Å². The van der Waals surface area contributed by atoms with Crippen LogP contribution in [0, 0.1) is 12.3 Å². The van der Waals surface area contributed by atoms with Crippen molar-refractivity contribution in [2.45, 2.75) is 32.6 Å². The van der Waals surface area contributed by atoms with Crippen LogP contribution in [0.2, 0.25) is 0 Å². The fourth-order valence-electron chi connectivity index (χ4n) is 1.54. The lowest BCUT2D eigenvalue weighted by Gasteiger charge is -2.17. The smallest absolute Gasteiger partial charge is 0.199 e. The largest absolute Gasteiger partial charge is 0.284 e. The predicted molar refractivity (Wildman–Crippen MR) is 62.2 cm³/mol. The second-order valence-electron chi connectivity index (χ2n) is 4.72. The molecule has 0 unspecified atom stereocenters. The van der Waals surface area contributed by atoms with E-state index in [0.717, 1.165) is 9.75 Å². The molecule has 2 heterocycles. The lowest BCUT2D eigenvalue weighted by molar-refractivity contribution is 0.589. The predicted octanol–water partition coefficient (Wildman–Crippen LogP) is 2.59. The van der Waals surface area contributed by atoms with Gasteiger partial charge in [0.25, 0.3) is 10.0 Å². The van der Waals surface area contributed by atoms with Crippen molar-refractivity contribution in [3.8, 4) is 0 Å². The third-order valence-corrected chi connectivity index (χ3v) is 4.72. The van der Waals surface area contributed by atoms with Gasteiger partial charge in [0, 0.05) is 10.3 Å². The molecule has 0 fully saturated rings. The molecule has 0 bridgehead atoms. The summed E-state index contributed by atoms with van der Waals surface area (Å²) in [7, 11) is -3.42. The minimum absolute atomic E-state index is 0.227. The first-order valence-electron chi connectivity index (χ1n) is 4.68. The molecule has 0 atom stereocenters. The molecular weight excluding hydrogens is 230 g/mol. The summed E-state index contributed by atoms with van der Waals surface area (Å²) in [5, 5.41) is 0. The third kappa shape index (κ3) is 1.63. The molecule has 15 heavy (non-hydrogen) atoms. The minimum Gasteiger partial charge on any atom is -0.199 e. The van der Waals surface area contributed by atoms with Gasteiger partial charge in [-0.1, -0.05) is 20.8 Å². The Morgan fingerprint density at radius 1 is 1.33 bits per heavy atom. The molecular formula is C10H13NO2S2. The Morgan fingerprint density at radius 3 is 2.47 bits per heavy atom. The molecule has 0 spiro atoms. The fourth-order valence-corrected chi connectivity index (χ4v) is 4.58. The topological polar surface area (TPSA) is 46.5 Å². The molecule has 2 rings (SSSR count). The van der Waals surface area contributed by atoms with Crippen molar-refractivity contribution in [2.75, 3.05) is 0 Å². The standard InChI is InChI=1S/C10H13NO2S2/c1-6-5-7-8(14-6)9(10(2,3)4)11-15(7,12)13/h5H,1-4H3. The van der Waals surface area contributed by atoms with Gasteiger partial charge in [-0.3, -0.25) is 0 Å². The first-order valence-corrected chi connectivity index (χ1v) is 6.94. The van der Waals surface area contributed by atoms with Crippen molar-refractivity contribution >= 4 is 27.1 Å². The van der Waals surface area contributed by atoms with Crippen LogP contribution in [0.25, 0.3) is 0 Å². The first kappa shape index (κ1) is 10.8. The van der Waals surface area contributed by atoms with Crippen LogP contribution >= 0.6 is 11.3 Å². The molecule has 1 aliphatic heterocycles. The summed E-state index contributed by atoms with van der Waals surface area (Å²) in [6.45, 7) is 7.85. The van der Waals surface area contributed by atoms with E-state index in [-0.39, 0.29) is 5.41 Å². The lowest BCUT2D eigenvalue weighted by Crippen LogP contribution is -2.18. The fraction of sp³-hybridized carbons (Fsp3) is 0.500. The Bertz CT molecular complexity index is 544. The van der Waals surface area contributed by atoms with E-state index in [4.69, 9.17) is 0 Å². The molecule has 0 N–H and O–H groups in total. The van der Waals surface area contributed by atoms with Crippen molar-refractivity contribution in [1.82, 2.24) is 0 Å². The zero-order valence-electron chi connectivity index (χ0n) is 9.16. The number of hydrogen-bond donors (Lipinski definition) is 0. The SMILES string of the molecule is Cc1cc2c(s1)C(C(C)(C)C)=NS2(=O)=O. The average molecular weight is 243 g/mol. The van der Waals surface area contributed by atoms with Gasteiger partial charge in [0.05, 0.1) is 10.6 Å². The molecule has 0 radical (unpaired) electrons. The van der Waals surface area contributed by atoms with Crippen molar-refractivity contribution in [3.63, 3.8) is 0 Å². The molecule has 0 saturated carbocycles. The Hall–Kier alpha value is -0.680. The van der Waals surface area contributed by atoms with Crippen LogP contribution in [0.1, 0.15) is 30.5 Å². The van der Waals surface area contributed by atoms with E-state index in [0.29, 0.717) is 10.6 Å². The Kier molecular flexibility index (Phi) is 2.11. The van der Waals surface area contributed by atoms with Crippen molar-refractivity contribution in [1.29, 1.82) is 0 Å². The molecule has 0 aliphatic carbocycles. The normalized spacial score (nSPS) is 18.8. The summed E-state index contributed by atoms with van der Waals surface area (Å²) in [6.07, 6.45) is 0. The quantitative estimate of drug-likeness (QED) is 0.703. The van der Waals surface area contributed by atoms with Crippen molar-refractivity contribution in [2.24, 2.45) is 9.81 Å². The van der Waals surface area contributed by atoms with E-state index >= 15 is 0 Å². The van der Waals surface area contributed by atoms with Crippen LogP contribution in [0.3, 0.4) is 0 Å². The van der Waals surface area contributed by atoms with Gasteiger partial charge in [-0.25, -0.2) is 0 Å². The molecule has 5 heteroatoms. The molecule has 0 amide bonds. The molecule has 1 aromatic rings. The zero-order valence-corrected chi connectivity index (χ0v) is 10.8. The van der Waals surface area contributed by atoms with E-state index in [1.165, 1.54) is 11.3 Å². The highest BCUT2D eigenvalue weighted by molar-refractivity contribution is 7.91. The van der Waals surface area contributed by atoms with Crippen LogP contribution in [-0.2, 0) is 10.0 Å². The molecule has 1 aliphatic rings. The van der Waals surface area contributed by atoms with E-state index in [1.807, 2.05) is 27.7 Å². The van der Waals surface area contributed by atoms with Crippen LogP contribution in [0.4, 0.5) is 0 Å². The Morgan fingerprint density at radius 2 is 1.93 bits per heavy atom. The van der Waals surface area contributed by atoms with Gasteiger partial charge < -0.3 is 0 Å². The van der Waals surface area contributed by atoms with E-state index < -0.39 is 10.0 Å². The van der Waals surface area contributed by atoms with Gasteiger partial charge in [0.1, 0.15) is 4.90 Å². The van der Waals surface area contributed by atoms with Gasteiger partial charge >= 0.3 is 0 Å². The van der Waals surface area contributed by atoms with E-state index in [1.54, 1.807) is 6.07 Å². The van der Waals surface area contributed by atoms with Crippen LogP contribution in [0.15, 0.2) is 15.4 Å². The third-order valence-electron chi connectivity index (χ3n) is 2.24. The van der Waals surface area contributed by atoms with Crippen LogP contribution in [0.5, 0.6) is 0 Å².